The molecule has 0 unspecified atom stereocenters. The van der Waals surface area contributed by atoms with Crippen LogP contribution in [0.3, 0.4) is 0 Å². The Labute approximate surface area is 105 Å². The van der Waals surface area contributed by atoms with Crippen molar-refractivity contribution in [1.29, 1.82) is 0 Å². The molecule has 1 heterocycles. The van der Waals surface area contributed by atoms with Gasteiger partial charge in [-0.3, -0.25) is 4.98 Å². The van der Waals surface area contributed by atoms with E-state index < -0.39 is 5.97 Å². The number of rotatable bonds is 3. The van der Waals surface area contributed by atoms with E-state index in [-0.39, 0.29) is 5.56 Å². The van der Waals surface area contributed by atoms with E-state index >= 15 is 0 Å². The van der Waals surface area contributed by atoms with Crippen LogP contribution in [0.2, 0.25) is 0 Å². The third kappa shape index (κ3) is 2.32. The molecule has 0 aliphatic carbocycles. The van der Waals surface area contributed by atoms with Crippen molar-refractivity contribution in [1.82, 2.24) is 4.98 Å². The van der Waals surface area contributed by atoms with Crippen LogP contribution in [0.25, 0.3) is 11.1 Å². The molecule has 0 saturated carbocycles. The van der Waals surface area contributed by atoms with Gasteiger partial charge in [0.05, 0.1) is 7.11 Å². The highest BCUT2D eigenvalue weighted by molar-refractivity contribution is 5.91. The summed E-state index contributed by atoms with van der Waals surface area (Å²) in [5.74, 6) is -0.652. The third-order valence-electron chi connectivity index (χ3n) is 2.68. The number of carboxylic acids is 1. The van der Waals surface area contributed by atoms with Crippen molar-refractivity contribution in [2.24, 2.45) is 0 Å². The number of hydrogen-bond donors (Lipinski definition) is 1. The summed E-state index contributed by atoms with van der Waals surface area (Å²) in [6, 6.07) is 8.84. The molecule has 1 aromatic carbocycles. The molecule has 4 heteroatoms. The number of ether oxygens (including phenoxy) is 1. The van der Waals surface area contributed by atoms with Gasteiger partial charge in [0, 0.05) is 17.5 Å². The Morgan fingerprint density at radius 2 is 1.94 bits per heavy atom. The maximum absolute atomic E-state index is 11.0. The summed E-state index contributed by atoms with van der Waals surface area (Å²) >= 11 is 0. The first-order valence-corrected chi connectivity index (χ1v) is 5.46. The maximum atomic E-state index is 11.0. The normalized spacial score (nSPS) is 10.1. The van der Waals surface area contributed by atoms with E-state index in [4.69, 9.17) is 9.84 Å². The van der Waals surface area contributed by atoms with E-state index in [1.807, 2.05) is 19.1 Å². The molecule has 0 amide bonds. The fraction of sp³-hybridized carbons (Fsp3) is 0.143. The fourth-order valence-electron chi connectivity index (χ4n) is 1.69. The molecular formula is C14H13NO3. The van der Waals surface area contributed by atoms with Gasteiger partial charge in [0.1, 0.15) is 11.3 Å². The fourth-order valence-corrected chi connectivity index (χ4v) is 1.69. The number of aromatic nitrogens is 1. The van der Waals surface area contributed by atoms with Crippen LogP contribution in [-0.2, 0) is 0 Å². The quantitative estimate of drug-likeness (QED) is 0.900. The van der Waals surface area contributed by atoms with Crippen molar-refractivity contribution in [2.75, 3.05) is 7.11 Å². The Morgan fingerprint density at radius 1 is 1.22 bits per heavy atom. The summed E-state index contributed by atoms with van der Waals surface area (Å²) in [7, 11) is 1.46. The molecule has 0 saturated heterocycles. The second-order valence-electron chi connectivity index (χ2n) is 3.91. The molecule has 1 N–H and O–H groups in total. The lowest BCUT2D eigenvalue weighted by Gasteiger charge is -2.08. The van der Waals surface area contributed by atoms with E-state index in [2.05, 4.69) is 4.98 Å². The molecule has 1 aromatic heterocycles. The molecule has 0 bridgehead atoms. The highest BCUT2D eigenvalue weighted by atomic mass is 16.5. The molecular weight excluding hydrogens is 230 g/mol. The molecule has 0 aliphatic rings. The number of benzene rings is 1. The Morgan fingerprint density at radius 3 is 2.50 bits per heavy atom. The largest absolute Gasteiger partial charge is 0.496 e. The minimum absolute atomic E-state index is 0.154. The van der Waals surface area contributed by atoms with Gasteiger partial charge in [0.15, 0.2) is 0 Å². The van der Waals surface area contributed by atoms with E-state index in [0.717, 1.165) is 16.8 Å². The predicted molar refractivity (Wildman–Crippen MR) is 67.9 cm³/mol. The first-order chi connectivity index (χ1) is 8.61. The van der Waals surface area contributed by atoms with E-state index in [1.165, 1.54) is 13.2 Å². The Balaban J connectivity index is 2.47. The summed E-state index contributed by atoms with van der Waals surface area (Å²) < 4.78 is 5.09. The van der Waals surface area contributed by atoms with Gasteiger partial charge in [-0.05, 0) is 30.7 Å². The molecule has 0 aliphatic heterocycles. The van der Waals surface area contributed by atoms with Crippen molar-refractivity contribution in [3.05, 3.63) is 47.8 Å². The average Bonchev–Trinajstić information content (AvgIpc) is 2.38. The Hall–Kier alpha value is -2.36. The zero-order valence-electron chi connectivity index (χ0n) is 10.2. The monoisotopic (exact) mass is 243 g/mol. The summed E-state index contributed by atoms with van der Waals surface area (Å²) in [5, 5.41) is 9.00. The van der Waals surface area contributed by atoms with Gasteiger partial charge in [-0.1, -0.05) is 12.1 Å². The topological polar surface area (TPSA) is 59.4 Å². The first-order valence-electron chi connectivity index (χ1n) is 5.46. The first kappa shape index (κ1) is 12.1. The van der Waals surface area contributed by atoms with Gasteiger partial charge < -0.3 is 9.84 Å². The second kappa shape index (κ2) is 4.87. The SMILES string of the molecule is COc1cc(-c2ccc(C)nc2)ccc1C(=O)O. The molecule has 0 atom stereocenters. The summed E-state index contributed by atoms with van der Waals surface area (Å²) in [6.07, 6.45) is 1.75. The number of aromatic carboxylic acids is 1. The van der Waals surface area contributed by atoms with Crippen LogP contribution in [0.5, 0.6) is 5.75 Å². The standard InChI is InChI=1S/C14H13NO3/c1-9-3-4-11(8-15-9)10-5-6-12(14(16)17)13(7-10)18-2/h3-8H,1-2H3,(H,16,17). The number of pyridine rings is 1. The molecule has 2 rings (SSSR count). The summed E-state index contributed by atoms with van der Waals surface area (Å²) in [6.45, 7) is 1.91. The second-order valence-corrected chi connectivity index (χ2v) is 3.91. The lowest BCUT2D eigenvalue weighted by atomic mass is 10.0. The smallest absolute Gasteiger partial charge is 0.339 e. The molecule has 2 aromatic rings. The number of carbonyl (C=O) groups is 1. The van der Waals surface area contributed by atoms with Crippen LogP contribution >= 0.6 is 0 Å². The Bertz CT molecular complexity index is 576. The predicted octanol–water partition coefficient (Wildman–Crippen LogP) is 2.76. The van der Waals surface area contributed by atoms with Crippen molar-refractivity contribution < 1.29 is 14.6 Å². The van der Waals surface area contributed by atoms with Gasteiger partial charge >= 0.3 is 5.97 Å². The van der Waals surface area contributed by atoms with Crippen LogP contribution in [-0.4, -0.2) is 23.2 Å². The molecule has 92 valence electrons. The van der Waals surface area contributed by atoms with Crippen LogP contribution < -0.4 is 4.74 Å². The van der Waals surface area contributed by atoms with Gasteiger partial charge in [-0.25, -0.2) is 4.79 Å². The number of hydrogen-bond acceptors (Lipinski definition) is 3. The molecule has 4 nitrogen and oxygen atoms in total. The number of nitrogens with zero attached hydrogens (tertiary/aromatic N) is 1. The minimum atomic E-state index is -1.000. The molecule has 0 fully saturated rings. The number of carboxylic acid groups (broad SMARTS) is 1. The zero-order chi connectivity index (χ0) is 13.1. The van der Waals surface area contributed by atoms with Crippen molar-refractivity contribution in [2.45, 2.75) is 6.92 Å². The van der Waals surface area contributed by atoms with Crippen LogP contribution in [0, 0.1) is 6.92 Å². The van der Waals surface area contributed by atoms with Crippen molar-refractivity contribution >= 4 is 5.97 Å². The van der Waals surface area contributed by atoms with E-state index in [0.29, 0.717) is 5.75 Å². The number of methoxy groups -OCH3 is 1. The molecule has 0 spiro atoms. The zero-order valence-corrected chi connectivity index (χ0v) is 10.2. The van der Waals surface area contributed by atoms with E-state index in [9.17, 15) is 4.79 Å². The maximum Gasteiger partial charge on any atom is 0.339 e. The van der Waals surface area contributed by atoms with Crippen molar-refractivity contribution in [3.8, 4) is 16.9 Å². The van der Waals surface area contributed by atoms with Crippen LogP contribution in [0.1, 0.15) is 16.1 Å². The Kier molecular flexibility index (Phi) is 3.28. The van der Waals surface area contributed by atoms with Gasteiger partial charge in [0.2, 0.25) is 0 Å². The van der Waals surface area contributed by atoms with Gasteiger partial charge in [-0.2, -0.15) is 0 Å². The average molecular weight is 243 g/mol. The lowest BCUT2D eigenvalue weighted by molar-refractivity contribution is 0.0693. The summed E-state index contributed by atoms with van der Waals surface area (Å²) in [5.41, 5.74) is 2.90. The van der Waals surface area contributed by atoms with Crippen LogP contribution in [0.4, 0.5) is 0 Å². The summed E-state index contributed by atoms with van der Waals surface area (Å²) in [4.78, 5) is 15.2. The molecule has 0 radical (unpaired) electrons. The van der Waals surface area contributed by atoms with E-state index in [1.54, 1.807) is 18.3 Å². The van der Waals surface area contributed by atoms with Gasteiger partial charge in [0.25, 0.3) is 0 Å². The van der Waals surface area contributed by atoms with Crippen LogP contribution in [0.15, 0.2) is 36.5 Å². The highest BCUT2D eigenvalue weighted by Crippen LogP contribution is 2.26. The third-order valence-corrected chi connectivity index (χ3v) is 2.68. The highest BCUT2D eigenvalue weighted by Gasteiger charge is 2.11. The van der Waals surface area contributed by atoms with Crippen molar-refractivity contribution in [3.63, 3.8) is 0 Å². The number of aryl methyl sites for hydroxylation is 1. The van der Waals surface area contributed by atoms with Gasteiger partial charge in [-0.15, -0.1) is 0 Å². The molecule has 18 heavy (non-hydrogen) atoms. The lowest BCUT2D eigenvalue weighted by Crippen LogP contribution is -2.00. The minimum Gasteiger partial charge on any atom is -0.496 e.